The average molecular weight is 284 g/mol. The monoisotopic (exact) mass is 283 g/mol. The van der Waals surface area contributed by atoms with Crippen molar-refractivity contribution in [2.24, 2.45) is 0 Å². The zero-order valence-corrected chi connectivity index (χ0v) is 11.9. The van der Waals surface area contributed by atoms with Crippen LogP contribution in [0.1, 0.15) is 18.4 Å². The Morgan fingerprint density at radius 1 is 1.39 bits per heavy atom. The first-order valence-electron chi connectivity index (χ1n) is 6.58. The zero-order chi connectivity index (χ0) is 12.4. The molecule has 2 atom stereocenters. The van der Waals surface area contributed by atoms with Gasteiger partial charge in [-0.1, -0.05) is 11.6 Å². The van der Waals surface area contributed by atoms with Crippen LogP contribution in [0.3, 0.4) is 0 Å². The Morgan fingerprint density at radius 3 is 3.17 bits per heavy atom. The molecule has 1 saturated heterocycles. The Bertz CT molecular complexity index is 420. The molecule has 1 aromatic carbocycles. The lowest BCUT2D eigenvalue weighted by Crippen LogP contribution is -2.33. The maximum Gasteiger partial charge on any atom is 0.123 e. The van der Waals surface area contributed by atoms with E-state index in [1.807, 2.05) is 18.2 Å². The quantitative estimate of drug-likeness (QED) is 0.917. The maximum absolute atomic E-state index is 5.99. The zero-order valence-electron chi connectivity index (χ0n) is 10.3. The van der Waals surface area contributed by atoms with Gasteiger partial charge in [0.1, 0.15) is 11.9 Å². The predicted molar refractivity (Wildman–Crippen MR) is 77.9 cm³/mol. The normalized spacial score (nSPS) is 26.1. The van der Waals surface area contributed by atoms with Crippen LogP contribution in [0, 0.1) is 0 Å². The first-order valence-corrected chi connectivity index (χ1v) is 8.01. The van der Waals surface area contributed by atoms with E-state index < -0.39 is 0 Å². The molecule has 2 aliphatic rings. The second-order valence-corrected chi connectivity index (χ2v) is 6.83. The summed E-state index contributed by atoms with van der Waals surface area (Å²) < 4.78 is 5.90. The first kappa shape index (κ1) is 12.6. The molecule has 0 radical (unpaired) electrons. The second-order valence-electron chi connectivity index (χ2n) is 4.99. The largest absolute Gasteiger partial charge is 0.488 e. The molecule has 1 N–H and O–H groups in total. The van der Waals surface area contributed by atoms with E-state index in [-0.39, 0.29) is 6.10 Å². The molecule has 3 rings (SSSR count). The Balaban J connectivity index is 1.46. The molecule has 4 heteroatoms. The number of fused-ring (bicyclic) bond motifs is 1. The van der Waals surface area contributed by atoms with Gasteiger partial charge in [0.25, 0.3) is 0 Å². The van der Waals surface area contributed by atoms with E-state index in [1.54, 1.807) is 0 Å². The summed E-state index contributed by atoms with van der Waals surface area (Å²) in [6.45, 7) is 2.05. The molecular formula is C14H18ClNOS. The number of halogens is 1. The molecule has 0 spiro atoms. The SMILES string of the molecule is Clc1ccc2c(c1)CC(CNCC1CCCS1)O2. The topological polar surface area (TPSA) is 21.3 Å². The summed E-state index contributed by atoms with van der Waals surface area (Å²) in [5.41, 5.74) is 1.24. The van der Waals surface area contributed by atoms with Crippen molar-refractivity contribution in [2.75, 3.05) is 18.8 Å². The van der Waals surface area contributed by atoms with E-state index >= 15 is 0 Å². The third-order valence-corrected chi connectivity index (χ3v) is 5.17. The minimum atomic E-state index is 0.268. The molecule has 0 aromatic heterocycles. The molecule has 2 nitrogen and oxygen atoms in total. The van der Waals surface area contributed by atoms with Gasteiger partial charge in [-0.05, 0) is 42.4 Å². The van der Waals surface area contributed by atoms with Crippen LogP contribution in [0.4, 0.5) is 0 Å². The fourth-order valence-corrected chi connectivity index (χ4v) is 4.04. The van der Waals surface area contributed by atoms with Gasteiger partial charge in [0.05, 0.1) is 0 Å². The standard InChI is InChI=1S/C14H18ClNOS/c15-11-3-4-14-10(6-11)7-12(17-14)8-16-9-13-2-1-5-18-13/h3-4,6,12-13,16H,1-2,5,7-9H2. The Morgan fingerprint density at radius 2 is 2.33 bits per heavy atom. The number of ether oxygens (including phenoxy) is 1. The smallest absolute Gasteiger partial charge is 0.123 e. The highest BCUT2D eigenvalue weighted by atomic mass is 35.5. The van der Waals surface area contributed by atoms with Crippen LogP contribution in [-0.2, 0) is 6.42 Å². The van der Waals surface area contributed by atoms with E-state index in [1.165, 1.54) is 24.2 Å². The van der Waals surface area contributed by atoms with Crippen molar-refractivity contribution >= 4 is 23.4 Å². The molecule has 2 heterocycles. The van der Waals surface area contributed by atoms with Gasteiger partial charge >= 0.3 is 0 Å². The lowest BCUT2D eigenvalue weighted by Gasteiger charge is -2.14. The van der Waals surface area contributed by atoms with Crippen molar-refractivity contribution < 1.29 is 4.74 Å². The fraction of sp³-hybridized carbons (Fsp3) is 0.571. The van der Waals surface area contributed by atoms with E-state index in [9.17, 15) is 0 Å². The third-order valence-electron chi connectivity index (χ3n) is 3.53. The van der Waals surface area contributed by atoms with Gasteiger partial charge < -0.3 is 10.1 Å². The van der Waals surface area contributed by atoms with Gasteiger partial charge in [0, 0.05) is 29.8 Å². The number of benzene rings is 1. The molecule has 0 bridgehead atoms. The van der Waals surface area contributed by atoms with E-state index in [2.05, 4.69) is 17.1 Å². The van der Waals surface area contributed by atoms with E-state index in [0.29, 0.717) is 0 Å². The number of nitrogens with one attached hydrogen (secondary N) is 1. The molecule has 18 heavy (non-hydrogen) atoms. The summed E-state index contributed by atoms with van der Waals surface area (Å²) in [5, 5.41) is 5.15. The van der Waals surface area contributed by atoms with Crippen LogP contribution >= 0.6 is 23.4 Å². The lowest BCUT2D eigenvalue weighted by molar-refractivity contribution is 0.228. The fourth-order valence-electron chi connectivity index (χ4n) is 2.61. The van der Waals surface area contributed by atoms with Crippen LogP contribution in [0.2, 0.25) is 5.02 Å². The number of hydrogen-bond acceptors (Lipinski definition) is 3. The highest BCUT2D eigenvalue weighted by Gasteiger charge is 2.23. The number of hydrogen-bond donors (Lipinski definition) is 1. The van der Waals surface area contributed by atoms with Gasteiger partial charge in [-0.2, -0.15) is 11.8 Å². The first-order chi connectivity index (χ1) is 8.81. The van der Waals surface area contributed by atoms with Gasteiger partial charge in [-0.15, -0.1) is 0 Å². The van der Waals surface area contributed by atoms with Crippen molar-refractivity contribution in [1.82, 2.24) is 5.32 Å². The van der Waals surface area contributed by atoms with E-state index in [4.69, 9.17) is 16.3 Å². The van der Waals surface area contributed by atoms with Crippen LogP contribution in [-0.4, -0.2) is 30.2 Å². The maximum atomic E-state index is 5.99. The van der Waals surface area contributed by atoms with Crippen molar-refractivity contribution in [3.63, 3.8) is 0 Å². The van der Waals surface area contributed by atoms with Gasteiger partial charge in [0.2, 0.25) is 0 Å². The highest BCUT2D eigenvalue weighted by molar-refractivity contribution is 8.00. The van der Waals surface area contributed by atoms with Crippen LogP contribution in [0.25, 0.3) is 0 Å². The number of thioether (sulfide) groups is 1. The summed E-state index contributed by atoms with van der Waals surface area (Å²) in [6, 6.07) is 5.89. The Kier molecular flexibility index (Phi) is 4.02. The summed E-state index contributed by atoms with van der Waals surface area (Å²) in [7, 11) is 0. The predicted octanol–water partition coefficient (Wildman–Crippen LogP) is 3.13. The van der Waals surface area contributed by atoms with Crippen molar-refractivity contribution in [2.45, 2.75) is 30.6 Å². The van der Waals surface area contributed by atoms with Crippen molar-refractivity contribution in [3.05, 3.63) is 28.8 Å². The lowest BCUT2D eigenvalue weighted by atomic mass is 10.1. The van der Waals surface area contributed by atoms with Crippen LogP contribution in [0.15, 0.2) is 18.2 Å². The Hall–Kier alpha value is -0.380. The van der Waals surface area contributed by atoms with Crippen molar-refractivity contribution in [1.29, 1.82) is 0 Å². The minimum absolute atomic E-state index is 0.268. The molecule has 0 aliphatic carbocycles. The summed E-state index contributed by atoms with van der Waals surface area (Å²) in [6.07, 6.45) is 3.98. The third kappa shape index (κ3) is 2.95. The number of rotatable bonds is 4. The van der Waals surface area contributed by atoms with E-state index in [0.717, 1.165) is 35.5 Å². The average Bonchev–Trinajstić information content (AvgIpc) is 2.97. The molecule has 2 unspecified atom stereocenters. The van der Waals surface area contributed by atoms with Crippen LogP contribution in [0.5, 0.6) is 5.75 Å². The molecule has 1 aromatic rings. The van der Waals surface area contributed by atoms with Crippen molar-refractivity contribution in [3.8, 4) is 5.75 Å². The van der Waals surface area contributed by atoms with Gasteiger partial charge in [-0.25, -0.2) is 0 Å². The molecule has 0 saturated carbocycles. The molecule has 1 fully saturated rings. The van der Waals surface area contributed by atoms with Gasteiger partial charge in [0.15, 0.2) is 0 Å². The minimum Gasteiger partial charge on any atom is -0.488 e. The summed E-state index contributed by atoms with van der Waals surface area (Å²) in [4.78, 5) is 0. The van der Waals surface area contributed by atoms with Crippen LogP contribution < -0.4 is 10.1 Å². The molecule has 98 valence electrons. The van der Waals surface area contributed by atoms with Gasteiger partial charge in [-0.3, -0.25) is 0 Å². The summed E-state index contributed by atoms with van der Waals surface area (Å²) in [5.74, 6) is 2.33. The molecule has 0 amide bonds. The second kappa shape index (κ2) is 5.72. The molecular weight excluding hydrogens is 266 g/mol. The summed E-state index contributed by atoms with van der Waals surface area (Å²) >= 11 is 8.08. The molecule has 2 aliphatic heterocycles. The highest BCUT2D eigenvalue weighted by Crippen LogP contribution is 2.31. The Labute approximate surface area is 117 Å².